The summed E-state index contributed by atoms with van der Waals surface area (Å²) in [6.07, 6.45) is 8.39. The molecular weight excluding hydrogens is 218 g/mol. The van der Waals surface area contributed by atoms with Gasteiger partial charge in [0.05, 0.1) is 11.7 Å². The van der Waals surface area contributed by atoms with Crippen LogP contribution in [0.1, 0.15) is 52.4 Å². The Kier molecular flexibility index (Phi) is 3.87. The van der Waals surface area contributed by atoms with E-state index in [0.29, 0.717) is 11.7 Å². The normalized spacial score (nSPS) is 29.1. The van der Waals surface area contributed by atoms with Crippen LogP contribution in [0.4, 0.5) is 0 Å². The van der Waals surface area contributed by atoms with E-state index < -0.39 is 0 Å². The standard InChI is InChI=1S/C13H25NOS/c1-12(2,14)10-16-9-11-5-8-13(15-11)6-3-4-7-13/h11H,3-10,14H2,1-2H3. The molecule has 3 heteroatoms. The first-order valence-corrected chi connectivity index (χ1v) is 7.69. The van der Waals surface area contributed by atoms with Crippen molar-refractivity contribution in [3.05, 3.63) is 0 Å². The van der Waals surface area contributed by atoms with Gasteiger partial charge in [0, 0.05) is 17.0 Å². The maximum Gasteiger partial charge on any atom is 0.0687 e. The summed E-state index contributed by atoms with van der Waals surface area (Å²) < 4.78 is 6.26. The lowest BCUT2D eigenvalue weighted by atomic mass is 9.98. The van der Waals surface area contributed by atoms with E-state index in [9.17, 15) is 0 Å². The van der Waals surface area contributed by atoms with Gasteiger partial charge in [-0.05, 0) is 39.5 Å². The zero-order valence-corrected chi connectivity index (χ0v) is 11.4. The van der Waals surface area contributed by atoms with E-state index in [0.717, 1.165) is 11.5 Å². The highest BCUT2D eigenvalue weighted by molar-refractivity contribution is 7.99. The van der Waals surface area contributed by atoms with Crippen molar-refractivity contribution in [1.82, 2.24) is 0 Å². The summed E-state index contributed by atoms with van der Waals surface area (Å²) in [6, 6.07) is 0. The fourth-order valence-electron chi connectivity index (χ4n) is 2.85. The van der Waals surface area contributed by atoms with Crippen molar-refractivity contribution in [2.24, 2.45) is 5.73 Å². The second-order valence-electron chi connectivity index (χ2n) is 6.17. The summed E-state index contributed by atoms with van der Waals surface area (Å²) in [4.78, 5) is 0. The van der Waals surface area contributed by atoms with Gasteiger partial charge in [-0.2, -0.15) is 11.8 Å². The van der Waals surface area contributed by atoms with Gasteiger partial charge in [0.25, 0.3) is 0 Å². The van der Waals surface area contributed by atoms with Crippen LogP contribution in [0.5, 0.6) is 0 Å². The molecule has 94 valence electrons. The average molecular weight is 243 g/mol. The molecule has 1 spiro atoms. The monoisotopic (exact) mass is 243 g/mol. The molecule has 0 aromatic heterocycles. The third-order valence-corrected chi connectivity index (χ3v) is 5.19. The van der Waals surface area contributed by atoms with Gasteiger partial charge in [-0.3, -0.25) is 0 Å². The van der Waals surface area contributed by atoms with Crippen LogP contribution in [0.25, 0.3) is 0 Å². The number of rotatable bonds is 4. The highest BCUT2D eigenvalue weighted by Crippen LogP contribution is 2.43. The average Bonchev–Trinajstić information content (AvgIpc) is 2.76. The summed E-state index contributed by atoms with van der Waals surface area (Å²) in [5, 5.41) is 0. The van der Waals surface area contributed by atoms with Crippen molar-refractivity contribution >= 4 is 11.8 Å². The quantitative estimate of drug-likeness (QED) is 0.824. The summed E-state index contributed by atoms with van der Waals surface area (Å²) >= 11 is 1.95. The molecule has 0 bridgehead atoms. The SMILES string of the molecule is CC(C)(N)CSCC1CCC2(CCCC2)O1. The molecule has 1 saturated carbocycles. The molecule has 0 aromatic rings. The zero-order valence-electron chi connectivity index (χ0n) is 10.6. The Morgan fingerprint density at radius 2 is 2.00 bits per heavy atom. The lowest BCUT2D eigenvalue weighted by molar-refractivity contribution is -0.0267. The van der Waals surface area contributed by atoms with Crippen LogP contribution in [0.15, 0.2) is 0 Å². The van der Waals surface area contributed by atoms with Gasteiger partial charge < -0.3 is 10.5 Å². The Labute approximate surface area is 104 Å². The van der Waals surface area contributed by atoms with Crippen LogP contribution in [0.3, 0.4) is 0 Å². The molecule has 1 aliphatic carbocycles. The van der Waals surface area contributed by atoms with Crippen LogP contribution in [0.2, 0.25) is 0 Å². The van der Waals surface area contributed by atoms with Crippen molar-refractivity contribution < 1.29 is 4.74 Å². The number of thioether (sulfide) groups is 1. The van der Waals surface area contributed by atoms with Gasteiger partial charge >= 0.3 is 0 Å². The molecule has 1 saturated heterocycles. The van der Waals surface area contributed by atoms with Crippen molar-refractivity contribution in [2.45, 2.75) is 69.6 Å². The van der Waals surface area contributed by atoms with Crippen LogP contribution in [-0.2, 0) is 4.74 Å². The van der Waals surface area contributed by atoms with E-state index in [-0.39, 0.29) is 5.54 Å². The second-order valence-corrected chi connectivity index (χ2v) is 7.20. The molecule has 0 amide bonds. The second kappa shape index (κ2) is 4.87. The molecule has 0 aromatic carbocycles. The Morgan fingerprint density at radius 3 is 2.62 bits per heavy atom. The minimum absolute atomic E-state index is 0.0473. The smallest absolute Gasteiger partial charge is 0.0687 e. The number of nitrogens with two attached hydrogens (primary N) is 1. The van der Waals surface area contributed by atoms with E-state index >= 15 is 0 Å². The minimum atomic E-state index is -0.0473. The topological polar surface area (TPSA) is 35.2 Å². The zero-order chi connectivity index (χ0) is 11.6. The van der Waals surface area contributed by atoms with Gasteiger partial charge in [0.2, 0.25) is 0 Å². The van der Waals surface area contributed by atoms with Crippen molar-refractivity contribution in [3.63, 3.8) is 0 Å². The fraction of sp³-hybridized carbons (Fsp3) is 1.00. The summed E-state index contributed by atoms with van der Waals surface area (Å²) in [7, 11) is 0. The third-order valence-electron chi connectivity index (χ3n) is 3.63. The number of hydrogen-bond donors (Lipinski definition) is 1. The molecule has 0 radical (unpaired) electrons. The largest absolute Gasteiger partial charge is 0.371 e. The van der Waals surface area contributed by atoms with Crippen molar-refractivity contribution in [3.8, 4) is 0 Å². The number of ether oxygens (including phenoxy) is 1. The molecule has 1 aliphatic heterocycles. The molecule has 2 rings (SSSR count). The lowest BCUT2D eigenvalue weighted by Crippen LogP contribution is -2.35. The minimum Gasteiger partial charge on any atom is -0.371 e. The van der Waals surface area contributed by atoms with E-state index in [1.807, 2.05) is 11.8 Å². The first kappa shape index (κ1) is 12.7. The first-order chi connectivity index (χ1) is 7.49. The van der Waals surface area contributed by atoms with Gasteiger partial charge in [0.15, 0.2) is 0 Å². The van der Waals surface area contributed by atoms with Crippen LogP contribution in [0, 0.1) is 0 Å². The molecular formula is C13H25NOS. The lowest BCUT2D eigenvalue weighted by Gasteiger charge is -2.24. The Morgan fingerprint density at radius 1 is 1.31 bits per heavy atom. The molecule has 1 atom stereocenters. The molecule has 2 fully saturated rings. The van der Waals surface area contributed by atoms with E-state index in [4.69, 9.17) is 10.5 Å². The summed E-state index contributed by atoms with van der Waals surface area (Å²) in [5.41, 5.74) is 6.22. The molecule has 16 heavy (non-hydrogen) atoms. The van der Waals surface area contributed by atoms with Crippen molar-refractivity contribution in [1.29, 1.82) is 0 Å². The molecule has 1 unspecified atom stereocenters. The fourth-order valence-corrected chi connectivity index (χ4v) is 3.99. The maximum atomic E-state index is 6.26. The summed E-state index contributed by atoms with van der Waals surface area (Å²) in [6.45, 7) is 4.18. The summed E-state index contributed by atoms with van der Waals surface area (Å²) in [5.74, 6) is 2.15. The van der Waals surface area contributed by atoms with Crippen LogP contribution >= 0.6 is 11.8 Å². The predicted molar refractivity (Wildman–Crippen MR) is 70.9 cm³/mol. The van der Waals surface area contributed by atoms with Gasteiger partial charge in [-0.25, -0.2) is 0 Å². The first-order valence-electron chi connectivity index (χ1n) is 6.54. The van der Waals surface area contributed by atoms with Crippen molar-refractivity contribution in [2.75, 3.05) is 11.5 Å². The third kappa shape index (κ3) is 3.38. The van der Waals surface area contributed by atoms with Gasteiger partial charge in [-0.1, -0.05) is 12.8 Å². The van der Waals surface area contributed by atoms with E-state index in [1.165, 1.54) is 38.5 Å². The molecule has 2 nitrogen and oxygen atoms in total. The number of hydrogen-bond acceptors (Lipinski definition) is 3. The molecule has 1 heterocycles. The Balaban J connectivity index is 1.69. The van der Waals surface area contributed by atoms with Gasteiger partial charge in [0.1, 0.15) is 0 Å². The molecule has 2 aliphatic rings. The maximum absolute atomic E-state index is 6.26. The Bertz CT molecular complexity index is 231. The van der Waals surface area contributed by atoms with Crippen LogP contribution < -0.4 is 5.73 Å². The highest BCUT2D eigenvalue weighted by Gasteiger charge is 2.41. The van der Waals surface area contributed by atoms with E-state index in [2.05, 4.69) is 13.8 Å². The highest BCUT2D eigenvalue weighted by atomic mass is 32.2. The van der Waals surface area contributed by atoms with Gasteiger partial charge in [-0.15, -0.1) is 0 Å². The molecule has 2 N–H and O–H groups in total. The van der Waals surface area contributed by atoms with E-state index in [1.54, 1.807) is 0 Å². The Hall–Kier alpha value is 0.270. The van der Waals surface area contributed by atoms with Crippen LogP contribution in [-0.4, -0.2) is 28.7 Å². The predicted octanol–water partition coefficient (Wildman–Crippen LogP) is 2.95.